The molecule has 0 spiro atoms. The van der Waals surface area contributed by atoms with Crippen LogP contribution in [0.1, 0.15) is 26.2 Å². The van der Waals surface area contributed by atoms with E-state index in [-0.39, 0.29) is 5.97 Å². The van der Waals surface area contributed by atoms with E-state index in [0.717, 1.165) is 17.7 Å². The van der Waals surface area contributed by atoms with Gasteiger partial charge >= 0.3 is 18.0 Å². The van der Waals surface area contributed by atoms with Crippen LogP contribution in [0.3, 0.4) is 0 Å². The van der Waals surface area contributed by atoms with Crippen molar-refractivity contribution in [3.8, 4) is 0 Å². The van der Waals surface area contributed by atoms with Crippen LogP contribution in [0, 0.1) is 0 Å². The van der Waals surface area contributed by atoms with Crippen molar-refractivity contribution in [1.82, 2.24) is 15.1 Å². The summed E-state index contributed by atoms with van der Waals surface area (Å²) in [6, 6.07) is -1.35. The number of imide groups is 1. The number of amides is 4. The monoisotopic (exact) mass is 269 g/mol. The molecular formula is C12H19N3O4. The molecule has 4 amide bonds. The van der Waals surface area contributed by atoms with Gasteiger partial charge < -0.3 is 15.0 Å². The summed E-state index contributed by atoms with van der Waals surface area (Å²) in [5.41, 5.74) is 0. The molecule has 2 fully saturated rings. The standard InChI is InChI=1S/C12H19N3O4/c1-2-19-10(16)9-5-3-4-7-14(9)12(18)15-8-6-13-11(15)17/h9H,2-8H2,1H3,(H,13,17)/t9-/m1/s1. The number of carbonyl (C=O) groups is 3. The third kappa shape index (κ3) is 2.80. The quantitative estimate of drug-likeness (QED) is 0.742. The van der Waals surface area contributed by atoms with Crippen LogP contribution in [0.2, 0.25) is 0 Å². The van der Waals surface area contributed by atoms with Gasteiger partial charge in [0, 0.05) is 19.6 Å². The second-order valence-corrected chi connectivity index (χ2v) is 4.62. The van der Waals surface area contributed by atoms with Crippen molar-refractivity contribution in [2.45, 2.75) is 32.2 Å². The van der Waals surface area contributed by atoms with Crippen molar-refractivity contribution in [3.63, 3.8) is 0 Å². The van der Waals surface area contributed by atoms with E-state index < -0.39 is 18.1 Å². The fourth-order valence-electron chi connectivity index (χ4n) is 2.45. The number of piperidine rings is 1. The van der Waals surface area contributed by atoms with Crippen LogP contribution in [0.25, 0.3) is 0 Å². The Balaban J connectivity index is 2.08. The van der Waals surface area contributed by atoms with Gasteiger partial charge in [0.05, 0.1) is 6.61 Å². The molecule has 7 heteroatoms. The maximum absolute atomic E-state index is 12.3. The van der Waals surface area contributed by atoms with Crippen LogP contribution < -0.4 is 5.32 Å². The molecule has 19 heavy (non-hydrogen) atoms. The maximum atomic E-state index is 12.3. The molecule has 2 rings (SSSR count). The molecule has 0 aliphatic carbocycles. The summed E-state index contributed by atoms with van der Waals surface area (Å²) >= 11 is 0. The molecule has 106 valence electrons. The molecule has 0 aromatic carbocycles. The van der Waals surface area contributed by atoms with Crippen LogP contribution >= 0.6 is 0 Å². The Morgan fingerprint density at radius 3 is 2.79 bits per heavy atom. The lowest BCUT2D eigenvalue weighted by Gasteiger charge is -2.35. The lowest BCUT2D eigenvalue weighted by molar-refractivity contribution is -0.149. The first-order chi connectivity index (χ1) is 9.15. The minimum Gasteiger partial charge on any atom is -0.464 e. The first-order valence-electron chi connectivity index (χ1n) is 6.67. The molecule has 0 aromatic heterocycles. The highest BCUT2D eigenvalue weighted by Gasteiger charge is 2.38. The van der Waals surface area contributed by atoms with Gasteiger partial charge in [-0.15, -0.1) is 0 Å². The largest absolute Gasteiger partial charge is 0.464 e. The number of carbonyl (C=O) groups excluding carboxylic acids is 3. The van der Waals surface area contributed by atoms with Gasteiger partial charge in [-0.3, -0.25) is 0 Å². The Hall–Kier alpha value is -1.79. The number of ether oxygens (including phenoxy) is 1. The van der Waals surface area contributed by atoms with Crippen molar-refractivity contribution in [3.05, 3.63) is 0 Å². The van der Waals surface area contributed by atoms with Gasteiger partial charge in [0.1, 0.15) is 6.04 Å². The molecule has 2 heterocycles. The van der Waals surface area contributed by atoms with Crippen molar-refractivity contribution < 1.29 is 19.1 Å². The average Bonchev–Trinajstić information content (AvgIpc) is 2.84. The van der Waals surface area contributed by atoms with Crippen molar-refractivity contribution in [1.29, 1.82) is 0 Å². The van der Waals surface area contributed by atoms with Gasteiger partial charge in [0.25, 0.3) is 0 Å². The highest BCUT2D eigenvalue weighted by atomic mass is 16.5. The molecule has 2 saturated heterocycles. The molecule has 2 aliphatic heterocycles. The molecule has 0 unspecified atom stereocenters. The summed E-state index contributed by atoms with van der Waals surface area (Å²) in [5, 5.41) is 2.58. The van der Waals surface area contributed by atoms with Gasteiger partial charge in [-0.2, -0.15) is 0 Å². The summed E-state index contributed by atoms with van der Waals surface area (Å²) in [5.74, 6) is -0.379. The van der Waals surface area contributed by atoms with E-state index in [4.69, 9.17) is 4.74 Å². The Morgan fingerprint density at radius 1 is 1.37 bits per heavy atom. The van der Waals surface area contributed by atoms with Gasteiger partial charge in [0.2, 0.25) is 0 Å². The molecular weight excluding hydrogens is 250 g/mol. The topological polar surface area (TPSA) is 79.0 Å². The van der Waals surface area contributed by atoms with E-state index in [0.29, 0.717) is 32.7 Å². The third-order valence-corrected chi connectivity index (χ3v) is 3.39. The highest BCUT2D eigenvalue weighted by molar-refractivity contribution is 5.96. The number of esters is 1. The normalized spacial score (nSPS) is 23.2. The number of rotatable bonds is 2. The Kier molecular flexibility index (Phi) is 4.24. The van der Waals surface area contributed by atoms with E-state index >= 15 is 0 Å². The number of nitrogens with zero attached hydrogens (tertiary/aromatic N) is 2. The van der Waals surface area contributed by atoms with Crippen LogP contribution in [-0.4, -0.2) is 60.1 Å². The first-order valence-corrected chi connectivity index (χ1v) is 6.67. The van der Waals surface area contributed by atoms with E-state index in [1.165, 1.54) is 4.90 Å². The van der Waals surface area contributed by atoms with Gasteiger partial charge in [0.15, 0.2) is 0 Å². The van der Waals surface area contributed by atoms with Crippen molar-refractivity contribution in [2.75, 3.05) is 26.2 Å². The summed E-state index contributed by atoms with van der Waals surface area (Å²) in [4.78, 5) is 38.3. The highest BCUT2D eigenvalue weighted by Crippen LogP contribution is 2.20. The molecule has 0 saturated carbocycles. The van der Waals surface area contributed by atoms with E-state index in [2.05, 4.69) is 5.32 Å². The van der Waals surface area contributed by atoms with Crippen LogP contribution in [0.4, 0.5) is 9.59 Å². The second kappa shape index (κ2) is 5.90. The lowest BCUT2D eigenvalue weighted by atomic mass is 10.0. The molecule has 0 bridgehead atoms. The zero-order valence-electron chi connectivity index (χ0n) is 11.1. The van der Waals surface area contributed by atoms with Gasteiger partial charge in [-0.05, 0) is 26.2 Å². The number of urea groups is 2. The molecule has 0 radical (unpaired) electrons. The molecule has 0 aromatic rings. The van der Waals surface area contributed by atoms with Gasteiger partial charge in [-0.1, -0.05) is 0 Å². The molecule has 1 atom stereocenters. The maximum Gasteiger partial charge on any atom is 0.328 e. The number of hydrogen-bond acceptors (Lipinski definition) is 4. The summed E-state index contributed by atoms with van der Waals surface area (Å²) in [7, 11) is 0. The SMILES string of the molecule is CCOC(=O)[C@H]1CCCCN1C(=O)N1CCNC1=O. The third-order valence-electron chi connectivity index (χ3n) is 3.39. The van der Waals surface area contributed by atoms with Crippen LogP contribution in [-0.2, 0) is 9.53 Å². The van der Waals surface area contributed by atoms with Crippen molar-refractivity contribution >= 4 is 18.0 Å². The predicted molar refractivity (Wildman–Crippen MR) is 66.5 cm³/mol. The van der Waals surface area contributed by atoms with Crippen LogP contribution in [0.5, 0.6) is 0 Å². The van der Waals surface area contributed by atoms with E-state index in [1.807, 2.05) is 0 Å². The summed E-state index contributed by atoms with van der Waals surface area (Å²) in [6.07, 6.45) is 2.33. The minimum atomic E-state index is -0.561. The zero-order valence-corrected chi connectivity index (χ0v) is 11.1. The van der Waals surface area contributed by atoms with Crippen molar-refractivity contribution in [2.24, 2.45) is 0 Å². The summed E-state index contributed by atoms with van der Waals surface area (Å²) in [6.45, 7) is 3.33. The van der Waals surface area contributed by atoms with Gasteiger partial charge in [-0.25, -0.2) is 19.3 Å². The first kappa shape index (κ1) is 13.6. The molecule has 7 nitrogen and oxygen atoms in total. The molecule has 1 N–H and O–H groups in total. The average molecular weight is 269 g/mol. The van der Waals surface area contributed by atoms with E-state index in [9.17, 15) is 14.4 Å². The zero-order chi connectivity index (χ0) is 13.8. The second-order valence-electron chi connectivity index (χ2n) is 4.62. The fraction of sp³-hybridized carbons (Fsp3) is 0.750. The number of likely N-dealkylation sites (tertiary alicyclic amines) is 1. The Bertz CT molecular complexity index is 385. The summed E-state index contributed by atoms with van der Waals surface area (Å²) < 4.78 is 5.00. The predicted octanol–water partition coefficient (Wildman–Crippen LogP) is 0.549. The van der Waals surface area contributed by atoms with E-state index in [1.54, 1.807) is 6.92 Å². The van der Waals surface area contributed by atoms with Crippen LogP contribution in [0.15, 0.2) is 0 Å². The molecule has 2 aliphatic rings. The fourth-order valence-corrected chi connectivity index (χ4v) is 2.45. The number of nitrogens with one attached hydrogen (secondary N) is 1. The smallest absolute Gasteiger partial charge is 0.328 e. The minimum absolute atomic E-state index is 0.293. The number of hydrogen-bond donors (Lipinski definition) is 1. The Morgan fingerprint density at radius 2 is 2.16 bits per heavy atom. The lowest BCUT2D eigenvalue weighted by Crippen LogP contribution is -2.54. The Labute approximate surface area is 111 Å².